The molecule has 1 aliphatic carbocycles. The second-order valence-corrected chi connectivity index (χ2v) is 5.92. The molecule has 2 nitrogen and oxygen atoms in total. The summed E-state index contributed by atoms with van der Waals surface area (Å²) in [7, 11) is 0. The highest BCUT2D eigenvalue weighted by Gasteiger charge is 2.30. The molecule has 1 saturated carbocycles. The lowest BCUT2D eigenvalue weighted by atomic mass is 9.92. The van der Waals surface area contributed by atoms with Crippen molar-refractivity contribution in [1.82, 2.24) is 5.32 Å². The maximum absolute atomic E-state index is 13.1. The Morgan fingerprint density at radius 3 is 3.06 bits per heavy atom. The van der Waals surface area contributed by atoms with E-state index in [-0.39, 0.29) is 5.82 Å². The molecule has 0 amide bonds. The van der Waals surface area contributed by atoms with E-state index in [4.69, 9.17) is 4.99 Å². The van der Waals surface area contributed by atoms with Crippen LogP contribution in [-0.4, -0.2) is 17.3 Å². The standard InChI is InChI=1S/C14H17FN2S/c15-11-5-3-4-10(8-11)9-18-14-16-12-6-1-2-7-13(12)17-14/h3-5,8,12-13H,1-2,6-7,9H2,(H,16,17). The van der Waals surface area contributed by atoms with E-state index in [0.29, 0.717) is 12.1 Å². The van der Waals surface area contributed by atoms with Crippen LogP contribution in [0.1, 0.15) is 31.2 Å². The molecule has 3 rings (SSSR count). The molecule has 1 fully saturated rings. The average Bonchev–Trinajstić information content (AvgIpc) is 2.79. The third-order valence-corrected chi connectivity index (χ3v) is 4.56. The first kappa shape index (κ1) is 12.0. The summed E-state index contributed by atoms with van der Waals surface area (Å²) in [6.07, 6.45) is 5.06. The van der Waals surface area contributed by atoms with Gasteiger partial charge in [0.05, 0.1) is 12.1 Å². The molecule has 2 unspecified atom stereocenters. The molecule has 0 aromatic heterocycles. The molecule has 18 heavy (non-hydrogen) atoms. The van der Waals surface area contributed by atoms with Crippen molar-refractivity contribution >= 4 is 16.9 Å². The van der Waals surface area contributed by atoms with Crippen molar-refractivity contribution in [3.8, 4) is 0 Å². The van der Waals surface area contributed by atoms with E-state index in [1.165, 1.54) is 31.7 Å². The second kappa shape index (κ2) is 5.31. The zero-order valence-corrected chi connectivity index (χ0v) is 11.0. The van der Waals surface area contributed by atoms with Gasteiger partial charge in [-0.1, -0.05) is 36.7 Å². The Morgan fingerprint density at radius 2 is 2.22 bits per heavy atom. The number of hydrogen-bond donors (Lipinski definition) is 1. The third-order valence-electron chi connectivity index (χ3n) is 3.59. The van der Waals surface area contributed by atoms with Gasteiger partial charge in [0.1, 0.15) is 5.82 Å². The van der Waals surface area contributed by atoms with Gasteiger partial charge in [-0.05, 0) is 30.5 Å². The number of nitrogens with one attached hydrogen (secondary N) is 1. The Kier molecular flexibility index (Phi) is 3.55. The third kappa shape index (κ3) is 2.69. The molecule has 1 aliphatic heterocycles. The summed E-state index contributed by atoms with van der Waals surface area (Å²) in [5.41, 5.74) is 1.01. The minimum Gasteiger partial charge on any atom is -0.360 e. The predicted octanol–water partition coefficient (Wildman–Crippen LogP) is 3.33. The molecule has 0 radical (unpaired) electrons. The zero-order chi connectivity index (χ0) is 12.4. The maximum atomic E-state index is 13.1. The molecule has 0 spiro atoms. The van der Waals surface area contributed by atoms with Crippen LogP contribution in [0.2, 0.25) is 0 Å². The number of nitrogens with zero attached hydrogens (tertiary/aromatic N) is 1. The number of aliphatic imine (C=N–C) groups is 1. The smallest absolute Gasteiger partial charge is 0.157 e. The maximum Gasteiger partial charge on any atom is 0.157 e. The van der Waals surface area contributed by atoms with Gasteiger partial charge in [0.2, 0.25) is 0 Å². The lowest BCUT2D eigenvalue weighted by Crippen LogP contribution is -2.36. The fourth-order valence-electron chi connectivity index (χ4n) is 2.64. The summed E-state index contributed by atoms with van der Waals surface area (Å²) in [5.74, 6) is 0.617. The van der Waals surface area contributed by atoms with Crippen molar-refractivity contribution in [2.45, 2.75) is 43.5 Å². The fourth-order valence-corrected chi connectivity index (χ4v) is 3.57. The van der Waals surface area contributed by atoms with Crippen LogP contribution in [0.15, 0.2) is 29.3 Å². The summed E-state index contributed by atoms with van der Waals surface area (Å²) in [6, 6.07) is 7.82. The zero-order valence-electron chi connectivity index (χ0n) is 10.2. The van der Waals surface area contributed by atoms with Crippen LogP contribution in [0.25, 0.3) is 0 Å². The number of hydrogen-bond acceptors (Lipinski definition) is 3. The van der Waals surface area contributed by atoms with Gasteiger partial charge >= 0.3 is 0 Å². The molecule has 4 heteroatoms. The van der Waals surface area contributed by atoms with Gasteiger partial charge in [-0.25, -0.2) is 4.39 Å². The van der Waals surface area contributed by atoms with E-state index >= 15 is 0 Å². The lowest BCUT2D eigenvalue weighted by molar-refractivity contribution is 0.385. The molecule has 96 valence electrons. The Hall–Kier alpha value is -1.03. The minimum atomic E-state index is -0.164. The van der Waals surface area contributed by atoms with Crippen LogP contribution in [0, 0.1) is 5.82 Å². The first-order chi connectivity index (χ1) is 8.81. The van der Waals surface area contributed by atoms with Gasteiger partial charge in [0.15, 0.2) is 5.17 Å². The summed E-state index contributed by atoms with van der Waals surface area (Å²) < 4.78 is 13.1. The van der Waals surface area contributed by atoms with Crippen molar-refractivity contribution in [2.24, 2.45) is 4.99 Å². The van der Waals surface area contributed by atoms with Gasteiger partial charge in [-0.3, -0.25) is 4.99 Å². The molecule has 2 aliphatic rings. The Bertz CT molecular complexity index is 461. The van der Waals surface area contributed by atoms with E-state index in [9.17, 15) is 4.39 Å². The Labute approximate surface area is 111 Å². The molecule has 2 atom stereocenters. The van der Waals surface area contributed by atoms with Gasteiger partial charge in [-0.15, -0.1) is 0 Å². The van der Waals surface area contributed by atoms with Crippen LogP contribution < -0.4 is 5.32 Å². The van der Waals surface area contributed by atoms with Crippen LogP contribution in [0.5, 0.6) is 0 Å². The number of benzene rings is 1. The molecule has 1 N–H and O–H groups in total. The van der Waals surface area contributed by atoms with Gasteiger partial charge in [0, 0.05) is 5.75 Å². The van der Waals surface area contributed by atoms with Crippen molar-refractivity contribution in [2.75, 3.05) is 0 Å². The van der Waals surface area contributed by atoms with Crippen LogP contribution in [0.3, 0.4) is 0 Å². The van der Waals surface area contributed by atoms with Gasteiger partial charge in [-0.2, -0.15) is 0 Å². The van der Waals surface area contributed by atoms with E-state index in [2.05, 4.69) is 5.32 Å². The van der Waals surface area contributed by atoms with E-state index < -0.39 is 0 Å². The molecule has 1 aromatic carbocycles. The van der Waals surface area contributed by atoms with Gasteiger partial charge in [0.25, 0.3) is 0 Å². The van der Waals surface area contributed by atoms with Crippen LogP contribution in [0.4, 0.5) is 4.39 Å². The van der Waals surface area contributed by atoms with E-state index in [1.807, 2.05) is 6.07 Å². The lowest BCUT2D eigenvalue weighted by Gasteiger charge is -2.23. The fraction of sp³-hybridized carbons (Fsp3) is 0.500. The summed E-state index contributed by atoms with van der Waals surface area (Å²) in [6.45, 7) is 0. The van der Waals surface area contributed by atoms with Crippen molar-refractivity contribution in [3.05, 3.63) is 35.6 Å². The monoisotopic (exact) mass is 264 g/mol. The second-order valence-electron chi connectivity index (χ2n) is 4.96. The molecular weight excluding hydrogens is 247 g/mol. The van der Waals surface area contributed by atoms with Gasteiger partial charge < -0.3 is 5.32 Å². The molecule has 0 bridgehead atoms. The highest BCUT2D eigenvalue weighted by Crippen LogP contribution is 2.28. The first-order valence-electron chi connectivity index (χ1n) is 6.53. The van der Waals surface area contributed by atoms with E-state index in [1.54, 1.807) is 23.9 Å². The van der Waals surface area contributed by atoms with Crippen LogP contribution >= 0.6 is 11.8 Å². The molecule has 1 aromatic rings. The van der Waals surface area contributed by atoms with E-state index in [0.717, 1.165) is 16.5 Å². The highest BCUT2D eigenvalue weighted by atomic mass is 32.2. The number of thioether (sulfide) groups is 1. The number of rotatable bonds is 2. The van der Waals surface area contributed by atoms with Crippen LogP contribution in [-0.2, 0) is 5.75 Å². The Morgan fingerprint density at radius 1 is 1.33 bits per heavy atom. The topological polar surface area (TPSA) is 24.4 Å². The molecular formula is C14H17FN2S. The number of halogens is 1. The molecule has 1 heterocycles. The SMILES string of the molecule is Fc1cccc(CSC2=NC3CCCCC3N2)c1. The first-order valence-corrected chi connectivity index (χ1v) is 7.51. The largest absolute Gasteiger partial charge is 0.360 e. The minimum absolute atomic E-state index is 0.164. The van der Waals surface area contributed by atoms with Crippen molar-refractivity contribution in [3.63, 3.8) is 0 Å². The predicted molar refractivity (Wildman–Crippen MR) is 74.3 cm³/mol. The average molecular weight is 264 g/mol. The number of fused-ring (bicyclic) bond motifs is 1. The van der Waals surface area contributed by atoms with Crippen molar-refractivity contribution in [1.29, 1.82) is 0 Å². The quantitative estimate of drug-likeness (QED) is 0.886. The molecule has 0 saturated heterocycles. The number of amidine groups is 1. The summed E-state index contributed by atoms with van der Waals surface area (Å²) in [5, 5.41) is 4.54. The van der Waals surface area contributed by atoms with Crippen molar-refractivity contribution < 1.29 is 4.39 Å². The Balaban J connectivity index is 1.58. The summed E-state index contributed by atoms with van der Waals surface area (Å²) in [4.78, 5) is 4.72. The highest BCUT2D eigenvalue weighted by molar-refractivity contribution is 8.13. The summed E-state index contributed by atoms with van der Waals surface area (Å²) >= 11 is 1.68. The normalized spacial score (nSPS) is 26.4.